The zero-order chi connectivity index (χ0) is 27.1. The van der Waals surface area contributed by atoms with E-state index in [-0.39, 0.29) is 45.9 Å². The van der Waals surface area contributed by atoms with E-state index in [9.17, 15) is 22.8 Å². The van der Waals surface area contributed by atoms with Crippen LogP contribution < -0.4 is 15.8 Å². The second-order valence-electron chi connectivity index (χ2n) is 10.2. The van der Waals surface area contributed by atoms with Gasteiger partial charge in [-0.1, -0.05) is 20.8 Å². The summed E-state index contributed by atoms with van der Waals surface area (Å²) >= 11 is 0. The molecule has 198 valence electrons. The van der Waals surface area contributed by atoms with Gasteiger partial charge in [0.1, 0.15) is 17.4 Å². The zero-order valence-corrected chi connectivity index (χ0v) is 20.9. The van der Waals surface area contributed by atoms with E-state index in [0.717, 1.165) is 16.9 Å². The number of likely N-dealkylation sites (tertiary alicyclic amines) is 1. The van der Waals surface area contributed by atoms with Crippen LogP contribution in [0.15, 0.2) is 24.7 Å². The summed E-state index contributed by atoms with van der Waals surface area (Å²) in [6.45, 7) is 6.84. The number of fused-ring (bicyclic) bond motifs is 1. The number of hydrogen-bond acceptors (Lipinski definition) is 7. The van der Waals surface area contributed by atoms with E-state index >= 15 is 0 Å². The molecular formula is C24H28F3N7O3. The second kappa shape index (κ2) is 9.52. The number of hydrogen-bond donors (Lipinski definition) is 2. The third-order valence-electron chi connectivity index (χ3n) is 6.03. The monoisotopic (exact) mass is 519 g/mol. The normalized spacial score (nSPS) is 16.3. The summed E-state index contributed by atoms with van der Waals surface area (Å²) < 4.78 is 47.4. The minimum atomic E-state index is -4.71. The van der Waals surface area contributed by atoms with Crippen molar-refractivity contribution in [1.82, 2.24) is 29.8 Å². The van der Waals surface area contributed by atoms with Crippen molar-refractivity contribution in [3.63, 3.8) is 0 Å². The van der Waals surface area contributed by atoms with Crippen molar-refractivity contribution in [2.75, 3.05) is 25.9 Å². The fraction of sp³-hybridized carbons (Fsp3) is 0.458. The van der Waals surface area contributed by atoms with Crippen molar-refractivity contribution in [3.05, 3.63) is 35.8 Å². The van der Waals surface area contributed by atoms with Gasteiger partial charge >= 0.3 is 6.18 Å². The summed E-state index contributed by atoms with van der Waals surface area (Å²) in [5.41, 5.74) is 4.44. The maximum absolute atomic E-state index is 13.7. The van der Waals surface area contributed by atoms with Gasteiger partial charge in [-0.15, -0.1) is 0 Å². The number of aromatic nitrogens is 4. The van der Waals surface area contributed by atoms with Crippen LogP contribution in [0.25, 0.3) is 16.8 Å². The number of methoxy groups -OCH3 is 1. The van der Waals surface area contributed by atoms with Crippen molar-refractivity contribution in [1.29, 1.82) is 0 Å². The number of nitrogens with one attached hydrogen (secondary N) is 1. The quantitative estimate of drug-likeness (QED) is 0.530. The number of halogens is 3. The number of carbonyl (C=O) groups excluding carboxylic acids is 2. The van der Waals surface area contributed by atoms with E-state index < -0.39 is 23.2 Å². The van der Waals surface area contributed by atoms with Gasteiger partial charge in [-0.3, -0.25) is 9.59 Å². The number of carbonyl (C=O) groups is 2. The smallest absolute Gasteiger partial charge is 0.418 e. The number of pyridine rings is 1. The van der Waals surface area contributed by atoms with Gasteiger partial charge in [0.2, 0.25) is 11.8 Å². The van der Waals surface area contributed by atoms with Gasteiger partial charge in [0.05, 0.1) is 18.4 Å². The first-order valence-electron chi connectivity index (χ1n) is 11.6. The maximum Gasteiger partial charge on any atom is 0.418 e. The van der Waals surface area contributed by atoms with Crippen LogP contribution in [0.1, 0.15) is 49.5 Å². The van der Waals surface area contributed by atoms with Gasteiger partial charge in [-0.25, -0.2) is 14.5 Å². The Morgan fingerprint density at radius 2 is 1.95 bits per heavy atom. The predicted octanol–water partition coefficient (Wildman–Crippen LogP) is 3.17. The topological polar surface area (TPSA) is 128 Å². The lowest BCUT2D eigenvalue weighted by Crippen LogP contribution is -2.39. The number of ether oxygens (including phenoxy) is 1. The molecule has 3 aromatic heterocycles. The molecule has 0 saturated carbocycles. The van der Waals surface area contributed by atoms with Crippen LogP contribution in [-0.4, -0.2) is 62.5 Å². The SMILES string of the molecule is COc1ncc(-c2cc(C(F)(F)F)c3c(N)ncnn23)cc1C(=O)N[C@H]1CCN(C(=O)CC(C)(C)C)C1. The summed E-state index contributed by atoms with van der Waals surface area (Å²) in [5.74, 6) is -0.828. The van der Waals surface area contributed by atoms with Gasteiger partial charge in [0.25, 0.3) is 5.91 Å². The average Bonchev–Trinajstić information content (AvgIpc) is 3.43. The molecule has 1 aliphatic rings. The first-order valence-corrected chi connectivity index (χ1v) is 11.6. The predicted molar refractivity (Wildman–Crippen MR) is 129 cm³/mol. The largest absolute Gasteiger partial charge is 0.480 e. The number of amides is 2. The van der Waals surface area contributed by atoms with Crippen LogP contribution in [0, 0.1) is 5.41 Å². The molecule has 1 aliphatic heterocycles. The van der Waals surface area contributed by atoms with Crippen LogP contribution in [0.2, 0.25) is 0 Å². The van der Waals surface area contributed by atoms with Crippen molar-refractivity contribution in [2.45, 2.75) is 45.8 Å². The number of anilines is 1. The Balaban J connectivity index is 1.62. The molecule has 1 fully saturated rings. The molecule has 0 spiro atoms. The number of nitrogens with zero attached hydrogens (tertiary/aromatic N) is 5. The lowest BCUT2D eigenvalue weighted by atomic mass is 9.92. The molecule has 13 heteroatoms. The molecule has 10 nitrogen and oxygen atoms in total. The molecular weight excluding hydrogens is 491 g/mol. The summed E-state index contributed by atoms with van der Waals surface area (Å²) in [4.78, 5) is 35.3. The van der Waals surface area contributed by atoms with Crippen LogP contribution in [0.5, 0.6) is 5.88 Å². The molecule has 1 atom stereocenters. The Morgan fingerprint density at radius 1 is 1.22 bits per heavy atom. The van der Waals surface area contributed by atoms with Crippen LogP contribution >= 0.6 is 0 Å². The number of alkyl halides is 3. The summed E-state index contributed by atoms with van der Waals surface area (Å²) in [6, 6.07) is 1.99. The van der Waals surface area contributed by atoms with E-state index in [1.54, 1.807) is 4.90 Å². The number of nitrogen functional groups attached to an aromatic ring is 1. The minimum absolute atomic E-state index is 0.00552. The zero-order valence-electron chi connectivity index (χ0n) is 20.9. The van der Waals surface area contributed by atoms with Crippen molar-refractivity contribution < 1.29 is 27.5 Å². The Labute approximate surface area is 211 Å². The lowest BCUT2D eigenvalue weighted by Gasteiger charge is -2.23. The highest BCUT2D eigenvalue weighted by molar-refractivity contribution is 5.98. The molecule has 0 aliphatic carbocycles. The third-order valence-corrected chi connectivity index (χ3v) is 6.03. The van der Waals surface area contributed by atoms with Crippen molar-refractivity contribution in [2.24, 2.45) is 5.41 Å². The van der Waals surface area contributed by atoms with Crippen molar-refractivity contribution in [3.8, 4) is 17.1 Å². The third kappa shape index (κ3) is 5.44. The van der Waals surface area contributed by atoms with Crippen molar-refractivity contribution >= 4 is 23.1 Å². The molecule has 0 bridgehead atoms. The highest BCUT2D eigenvalue weighted by Gasteiger charge is 2.37. The first kappa shape index (κ1) is 26.2. The Bertz CT molecular complexity index is 1350. The van der Waals surface area contributed by atoms with E-state index in [4.69, 9.17) is 10.5 Å². The average molecular weight is 520 g/mol. The molecule has 2 amide bonds. The maximum atomic E-state index is 13.7. The molecule has 37 heavy (non-hydrogen) atoms. The Morgan fingerprint density at radius 3 is 2.59 bits per heavy atom. The molecule has 3 aromatic rings. The van der Waals surface area contributed by atoms with Crippen LogP contribution in [-0.2, 0) is 11.0 Å². The molecule has 0 aromatic carbocycles. The van der Waals surface area contributed by atoms with Crippen LogP contribution in [0.4, 0.5) is 19.0 Å². The van der Waals surface area contributed by atoms with Crippen LogP contribution in [0.3, 0.4) is 0 Å². The van der Waals surface area contributed by atoms with E-state index in [2.05, 4.69) is 20.4 Å². The molecule has 0 unspecified atom stereocenters. The fourth-order valence-corrected chi connectivity index (χ4v) is 4.34. The fourth-order valence-electron chi connectivity index (χ4n) is 4.34. The minimum Gasteiger partial charge on any atom is -0.480 e. The molecule has 4 heterocycles. The van der Waals surface area contributed by atoms with Gasteiger partial charge in [0, 0.05) is 37.3 Å². The molecule has 1 saturated heterocycles. The Hall–Kier alpha value is -3.90. The second-order valence-corrected chi connectivity index (χ2v) is 10.2. The molecule has 3 N–H and O–H groups in total. The summed E-state index contributed by atoms with van der Waals surface area (Å²) in [5, 5.41) is 6.82. The molecule has 4 rings (SSSR count). The standard InChI is InChI=1S/C24H28F3N7O3/c1-23(2,3)9-18(35)33-6-5-14(11-33)32-21(36)15-7-13(10-29-22(15)37-4)17-8-16(24(25,26)27)19-20(28)30-12-31-34(17)19/h7-8,10,12,14H,5-6,9,11H2,1-4H3,(H,32,36)(H2,28,30,31)/t14-/m0/s1. The first-order chi connectivity index (χ1) is 17.3. The van der Waals surface area contributed by atoms with E-state index in [1.807, 2.05) is 20.8 Å². The highest BCUT2D eigenvalue weighted by Crippen LogP contribution is 2.39. The van der Waals surface area contributed by atoms with Gasteiger partial charge in [0.15, 0.2) is 5.82 Å². The summed E-state index contributed by atoms with van der Waals surface area (Å²) in [7, 11) is 1.34. The molecule has 0 radical (unpaired) electrons. The Kier molecular flexibility index (Phi) is 6.74. The van der Waals surface area contributed by atoms with E-state index in [1.165, 1.54) is 19.4 Å². The van der Waals surface area contributed by atoms with Gasteiger partial charge in [-0.2, -0.15) is 18.3 Å². The number of nitrogens with two attached hydrogens (primary N) is 1. The van der Waals surface area contributed by atoms with E-state index in [0.29, 0.717) is 25.9 Å². The summed E-state index contributed by atoms with van der Waals surface area (Å²) in [6.07, 6.45) is -1.40. The lowest BCUT2D eigenvalue weighted by molar-refractivity contribution is -0.136. The van der Waals surface area contributed by atoms with Gasteiger partial charge < -0.3 is 20.7 Å². The highest BCUT2D eigenvalue weighted by atomic mass is 19.4. The van der Waals surface area contributed by atoms with Gasteiger partial charge in [-0.05, 0) is 24.0 Å². The number of rotatable bonds is 5.